The Hall–Kier alpha value is -2.81. The number of aliphatic imine (C=N–C) groups is 1. The summed E-state index contributed by atoms with van der Waals surface area (Å²) in [5.41, 5.74) is 14.3. The first-order valence-corrected chi connectivity index (χ1v) is 11.5. The number of piperidine rings is 1. The number of amides is 1. The molecule has 1 saturated heterocycles. The topological polar surface area (TPSA) is 123 Å². The standard InChI is InChI=1S/C25H35N5O3/c1-17(22(24(32)33-2)15-18-5-4-14-30(16-18)25(26)27)29-23(31)21-9-7-20(8-10-21)19-6-3-12-28-13-11-19/h3,6-12,17-18,22,25H,4-5,13-16,26-27H2,1-2H3,(H,29,31)/t17-,18?,22-/m1/s1. The van der Waals surface area contributed by atoms with E-state index in [-0.39, 0.29) is 23.8 Å². The number of esters is 1. The number of likely N-dealkylation sites (tertiary alicyclic amines) is 1. The maximum Gasteiger partial charge on any atom is 0.310 e. The molecule has 0 saturated carbocycles. The summed E-state index contributed by atoms with van der Waals surface area (Å²) < 4.78 is 5.05. The molecule has 0 spiro atoms. The van der Waals surface area contributed by atoms with E-state index in [2.05, 4.69) is 10.3 Å². The summed E-state index contributed by atoms with van der Waals surface area (Å²) in [4.78, 5) is 31.7. The molecule has 8 heteroatoms. The van der Waals surface area contributed by atoms with E-state index in [9.17, 15) is 9.59 Å². The van der Waals surface area contributed by atoms with Crippen LogP contribution in [0.1, 0.15) is 42.1 Å². The highest BCUT2D eigenvalue weighted by Gasteiger charge is 2.32. The minimum atomic E-state index is -0.499. The molecule has 0 radical (unpaired) electrons. The van der Waals surface area contributed by atoms with Crippen LogP contribution in [0.5, 0.6) is 0 Å². The van der Waals surface area contributed by atoms with Crippen LogP contribution in [0, 0.1) is 11.8 Å². The normalized spacial score (nSPS) is 20.6. The molecule has 8 nitrogen and oxygen atoms in total. The predicted octanol–water partition coefficient (Wildman–Crippen LogP) is 1.92. The molecule has 178 valence electrons. The summed E-state index contributed by atoms with van der Waals surface area (Å²) in [6, 6.07) is 7.06. The van der Waals surface area contributed by atoms with Gasteiger partial charge in [-0.05, 0) is 61.4 Å². The van der Waals surface area contributed by atoms with Gasteiger partial charge < -0.3 is 21.5 Å². The molecule has 1 unspecified atom stereocenters. The first kappa shape index (κ1) is 24.8. The zero-order valence-corrected chi connectivity index (χ0v) is 19.4. The minimum absolute atomic E-state index is 0.217. The molecule has 1 aromatic rings. The van der Waals surface area contributed by atoms with Crippen LogP contribution >= 0.6 is 0 Å². The van der Waals surface area contributed by atoms with E-state index in [0.29, 0.717) is 18.5 Å². The highest BCUT2D eigenvalue weighted by molar-refractivity contribution is 5.95. The molecular weight excluding hydrogens is 418 g/mol. The molecule has 5 N–H and O–H groups in total. The van der Waals surface area contributed by atoms with Crippen LogP contribution < -0.4 is 16.8 Å². The Morgan fingerprint density at radius 2 is 2.03 bits per heavy atom. The highest BCUT2D eigenvalue weighted by Crippen LogP contribution is 2.26. The molecule has 3 rings (SSSR count). The van der Waals surface area contributed by atoms with Crippen LogP contribution in [0.4, 0.5) is 0 Å². The lowest BCUT2D eigenvalue weighted by Gasteiger charge is -2.36. The van der Waals surface area contributed by atoms with Gasteiger partial charge in [0.2, 0.25) is 0 Å². The molecular formula is C25H35N5O3. The van der Waals surface area contributed by atoms with Crippen LogP contribution in [-0.4, -0.2) is 62.1 Å². The first-order chi connectivity index (χ1) is 15.9. The Morgan fingerprint density at radius 1 is 1.27 bits per heavy atom. The lowest BCUT2D eigenvalue weighted by atomic mass is 9.85. The van der Waals surface area contributed by atoms with Crippen molar-refractivity contribution >= 4 is 23.7 Å². The average Bonchev–Trinajstić information content (AvgIpc) is 3.12. The van der Waals surface area contributed by atoms with Crippen LogP contribution in [0.25, 0.3) is 5.57 Å². The zero-order chi connectivity index (χ0) is 23.8. The number of benzene rings is 1. The van der Waals surface area contributed by atoms with Gasteiger partial charge in [-0.2, -0.15) is 0 Å². The van der Waals surface area contributed by atoms with Crippen molar-refractivity contribution in [2.24, 2.45) is 28.3 Å². The molecule has 0 aliphatic carbocycles. The summed E-state index contributed by atoms with van der Waals surface area (Å²) in [5.74, 6) is -0.716. The van der Waals surface area contributed by atoms with Crippen molar-refractivity contribution in [3.63, 3.8) is 0 Å². The van der Waals surface area contributed by atoms with Gasteiger partial charge in [0.15, 0.2) is 0 Å². The number of hydrogen-bond acceptors (Lipinski definition) is 7. The van der Waals surface area contributed by atoms with Gasteiger partial charge in [0.25, 0.3) is 5.91 Å². The number of nitrogens with two attached hydrogens (primary N) is 2. The molecule has 2 aliphatic rings. The smallest absolute Gasteiger partial charge is 0.310 e. The number of methoxy groups -OCH3 is 1. The van der Waals surface area contributed by atoms with E-state index in [1.54, 1.807) is 18.3 Å². The molecule has 1 fully saturated rings. The van der Waals surface area contributed by atoms with Gasteiger partial charge in [-0.1, -0.05) is 24.3 Å². The van der Waals surface area contributed by atoms with Crippen molar-refractivity contribution < 1.29 is 14.3 Å². The highest BCUT2D eigenvalue weighted by atomic mass is 16.5. The first-order valence-electron chi connectivity index (χ1n) is 11.5. The van der Waals surface area contributed by atoms with Crippen molar-refractivity contribution in [2.45, 2.75) is 38.5 Å². The minimum Gasteiger partial charge on any atom is -0.469 e. The number of nitrogens with one attached hydrogen (secondary N) is 1. The Bertz CT molecular complexity index is 907. The number of ether oxygens (including phenoxy) is 1. The molecule has 0 aromatic heterocycles. The van der Waals surface area contributed by atoms with Gasteiger partial charge in [0, 0.05) is 30.9 Å². The van der Waals surface area contributed by atoms with Gasteiger partial charge in [-0.3, -0.25) is 19.5 Å². The molecule has 0 bridgehead atoms. The molecule has 1 amide bonds. The summed E-state index contributed by atoms with van der Waals surface area (Å²) in [6.07, 6.45) is 9.81. The summed E-state index contributed by atoms with van der Waals surface area (Å²) in [5, 5.41) is 2.99. The fourth-order valence-corrected chi connectivity index (χ4v) is 4.48. The van der Waals surface area contributed by atoms with Crippen molar-refractivity contribution in [3.8, 4) is 0 Å². The zero-order valence-electron chi connectivity index (χ0n) is 19.4. The van der Waals surface area contributed by atoms with Crippen LogP contribution in [0.3, 0.4) is 0 Å². The SMILES string of the molecule is COC(=O)[C@H](CC1CCCN(C(N)N)C1)[C@@H](C)NC(=O)c1ccc(C2=CCN=CC=C2)cc1. The van der Waals surface area contributed by atoms with Crippen molar-refractivity contribution in [1.82, 2.24) is 10.2 Å². The second-order valence-corrected chi connectivity index (χ2v) is 8.73. The molecule has 2 heterocycles. The van der Waals surface area contributed by atoms with E-state index in [4.69, 9.17) is 16.2 Å². The third kappa shape index (κ3) is 6.83. The van der Waals surface area contributed by atoms with Gasteiger partial charge in [-0.15, -0.1) is 0 Å². The number of allylic oxidation sites excluding steroid dienone is 3. The van der Waals surface area contributed by atoms with Gasteiger partial charge in [0.1, 0.15) is 6.29 Å². The summed E-state index contributed by atoms with van der Waals surface area (Å²) in [6.45, 7) is 4.08. The lowest BCUT2D eigenvalue weighted by Crippen LogP contribution is -2.53. The monoisotopic (exact) mass is 453 g/mol. The Kier molecular flexibility index (Phi) is 8.94. The molecule has 3 atom stereocenters. The lowest BCUT2D eigenvalue weighted by molar-refractivity contribution is -0.147. The van der Waals surface area contributed by atoms with Gasteiger partial charge in [0.05, 0.1) is 19.6 Å². The van der Waals surface area contributed by atoms with E-state index >= 15 is 0 Å². The van der Waals surface area contributed by atoms with Crippen LogP contribution in [-0.2, 0) is 9.53 Å². The summed E-state index contributed by atoms with van der Waals surface area (Å²) in [7, 11) is 1.38. The fourth-order valence-electron chi connectivity index (χ4n) is 4.48. The third-order valence-electron chi connectivity index (χ3n) is 6.39. The Morgan fingerprint density at radius 3 is 2.73 bits per heavy atom. The quantitative estimate of drug-likeness (QED) is 0.408. The van der Waals surface area contributed by atoms with Crippen molar-refractivity contribution in [2.75, 3.05) is 26.7 Å². The number of nitrogens with zero attached hydrogens (tertiary/aromatic N) is 2. The third-order valence-corrected chi connectivity index (χ3v) is 6.39. The molecule has 1 aromatic carbocycles. The van der Waals surface area contributed by atoms with Gasteiger partial charge >= 0.3 is 5.97 Å². The Balaban J connectivity index is 1.64. The van der Waals surface area contributed by atoms with Gasteiger partial charge in [-0.25, -0.2) is 0 Å². The molecule has 33 heavy (non-hydrogen) atoms. The van der Waals surface area contributed by atoms with E-state index in [1.807, 2.05) is 42.2 Å². The predicted molar refractivity (Wildman–Crippen MR) is 130 cm³/mol. The number of rotatable bonds is 8. The van der Waals surface area contributed by atoms with Crippen molar-refractivity contribution in [1.29, 1.82) is 0 Å². The number of carbonyl (C=O) groups is 2. The van der Waals surface area contributed by atoms with Crippen LogP contribution in [0.15, 0.2) is 47.5 Å². The van der Waals surface area contributed by atoms with E-state index in [0.717, 1.165) is 37.1 Å². The van der Waals surface area contributed by atoms with E-state index < -0.39 is 12.2 Å². The maximum atomic E-state index is 12.9. The van der Waals surface area contributed by atoms with Crippen molar-refractivity contribution in [3.05, 3.63) is 53.6 Å². The van der Waals surface area contributed by atoms with E-state index in [1.165, 1.54) is 7.11 Å². The Labute approximate surface area is 195 Å². The summed E-state index contributed by atoms with van der Waals surface area (Å²) >= 11 is 0. The second-order valence-electron chi connectivity index (χ2n) is 8.73. The molecule has 2 aliphatic heterocycles. The maximum absolute atomic E-state index is 12.9. The fraction of sp³-hybridized carbons (Fsp3) is 0.480. The largest absolute Gasteiger partial charge is 0.469 e. The average molecular weight is 454 g/mol. The van der Waals surface area contributed by atoms with Crippen LogP contribution in [0.2, 0.25) is 0 Å². The number of carbonyl (C=O) groups excluding carboxylic acids is 2. The second kappa shape index (κ2) is 11.9. The number of hydrogen-bond donors (Lipinski definition) is 3.